The van der Waals surface area contributed by atoms with E-state index in [2.05, 4.69) is 9.72 Å². The molecule has 0 atom stereocenters. The van der Waals surface area contributed by atoms with Gasteiger partial charge in [-0.2, -0.15) is 0 Å². The number of pyridine rings is 1. The SMILES string of the molecule is Cc1ccc(OC(=O)O)c2cccnc12. The monoisotopic (exact) mass is 203 g/mol. The maximum absolute atomic E-state index is 10.5. The Bertz CT molecular complexity index is 522. The molecule has 0 amide bonds. The van der Waals surface area contributed by atoms with Gasteiger partial charge in [-0.25, -0.2) is 4.79 Å². The number of carbonyl (C=O) groups is 1. The number of ether oxygens (including phenoxy) is 1. The van der Waals surface area contributed by atoms with Crippen LogP contribution in [0.3, 0.4) is 0 Å². The van der Waals surface area contributed by atoms with E-state index in [1.807, 2.05) is 6.92 Å². The van der Waals surface area contributed by atoms with Crippen molar-refractivity contribution < 1.29 is 14.6 Å². The first-order chi connectivity index (χ1) is 7.18. The highest BCUT2D eigenvalue weighted by Gasteiger charge is 2.07. The van der Waals surface area contributed by atoms with Crippen molar-refractivity contribution in [1.82, 2.24) is 4.98 Å². The van der Waals surface area contributed by atoms with Gasteiger partial charge in [-0.05, 0) is 30.7 Å². The van der Waals surface area contributed by atoms with E-state index in [1.54, 1.807) is 30.5 Å². The zero-order valence-electron chi connectivity index (χ0n) is 8.10. The van der Waals surface area contributed by atoms with E-state index < -0.39 is 6.16 Å². The average Bonchev–Trinajstić information content (AvgIpc) is 2.22. The number of fused-ring (bicyclic) bond motifs is 1. The molecule has 2 aromatic rings. The predicted octanol–water partition coefficient (Wildman–Crippen LogP) is 2.60. The van der Waals surface area contributed by atoms with Crippen molar-refractivity contribution in [2.45, 2.75) is 6.92 Å². The molecule has 1 N–H and O–H groups in total. The van der Waals surface area contributed by atoms with E-state index in [0.717, 1.165) is 11.1 Å². The standard InChI is InChI=1S/C11H9NO3/c1-7-4-5-9(15-11(13)14)8-3-2-6-12-10(7)8/h2-6H,1H3,(H,13,14). The second-order valence-corrected chi connectivity index (χ2v) is 3.15. The van der Waals surface area contributed by atoms with Gasteiger partial charge < -0.3 is 9.84 Å². The second kappa shape index (κ2) is 3.57. The second-order valence-electron chi connectivity index (χ2n) is 3.15. The van der Waals surface area contributed by atoms with Crippen LogP contribution in [0.4, 0.5) is 4.79 Å². The molecule has 1 aromatic heterocycles. The van der Waals surface area contributed by atoms with Gasteiger partial charge in [-0.1, -0.05) is 6.07 Å². The zero-order valence-corrected chi connectivity index (χ0v) is 8.10. The molecule has 0 spiro atoms. The minimum Gasteiger partial charge on any atom is -0.449 e. The molecule has 0 fully saturated rings. The maximum atomic E-state index is 10.5. The van der Waals surface area contributed by atoms with Gasteiger partial charge in [0, 0.05) is 11.6 Å². The van der Waals surface area contributed by atoms with Crippen molar-refractivity contribution in [3.8, 4) is 5.75 Å². The Morgan fingerprint density at radius 1 is 1.40 bits per heavy atom. The molecular formula is C11H9NO3. The predicted molar refractivity (Wildman–Crippen MR) is 55.1 cm³/mol. The van der Waals surface area contributed by atoms with Crippen LogP contribution in [0.1, 0.15) is 5.56 Å². The topological polar surface area (TPSA) is 59.4 Å². The number of nitrogens with zero attached hydrogens (tertiary/aromatic N) is 1. The summed E-state index contributed by atoms with van der Waals surface area (Å²) < 4.78 is 4.66. The summed E-state index contributed by atoms with van der Waals surface area (Å²) in [4.78, 5) is 14.6. The fourth-order valence-electron chi connectivity index (χ4n) is 1.47. The van der Waals surface area contributed by atoms with Gasteiger partial charge in [-0.15, -0.1) is 0 Å². The number of hydrogen-bond donors (Lipinski definition) is 1. The van der Waals surface area contributed by atoms with Crippen LogP contribution in [0.15, 0.2) is 30.5 Å². The van der Waals surface area contributed by atoms with Gasteiger partial charge in [-0.3, -0.25) is 4.98 Å². The van der Waals surface area contributed by atoms with Gasteiger partial charge in [0.1, 0.15) is 5.75 Å². The zero-order chi connectivity index (χ0) is 10.8. The molecule has 0 saturated carbocycles. The summed E-state index contributed by atoms with van der Waals surface area (Å²) in [5, 5.41) is 9.26. The van der Waals surface area contributed by atoms with Crippen LogP contribution in [0.25, 0.3) is 10.9 Å². The van der Waals surface area contributed by atoms with E-state index in [1.165, 1.54) is 0 Å². The molecule has 0 aliphatic carbocycles. The molecule has 0 radical (unpaired) electrons. The van der Waals surface area contributed by atoms with Crippen LogP contribution in [0, 0.1) is 6.92 Å². The third-order valence-electron chi connectivity index (χ3n) is 2.13. The highest BCUT2D eigenvalue weighted by atomic mass is 16.7. The van der Waals surface area contributed by atoms with Crippen molar-refractivity contribution in [2.24, 2.45) is 0 Å². The molecule has 4 nitrogen and oxygen atoms in total. The third kappa shape index (κ3) is 1.74. The first-order valence-corrected chi connectivity index (χ1v) is 4.43. The Labute approximate surface area is 86.1 Å². The van der Waals surface area contributed by atoms with Crippen molar-refractivity contribution in [3.63, 3.8) is 0 Å². The van der Waals surface area contributed by atoms with Gasteiger partial charge >= 0.3 is 6.16 Å². The lowest BCUT2D eigenvalue weighted by Gasteiger charge is -2.05. The van der Waals surface area contributed by atoms with E-state index in [-0.39, 0.29) is 0 Å². The van der Waals surface area contributed by atoms with Crippen LogP contribution < -0.4 is 4.74 Å². The Hall–Kier alpha value is -2.10. The summed E-state index contributed by atoms with van der Waals surface area (Å²) in [6, 6.07) is 6.95. The average molecular weight is 203 g/mol. The minimum atomic E-state index is -1.32. The summed E-state index contributed by atoms with van der Waals surface area (Å²) in [5.74, 6) is 0.316. The molecule has 2 rings (SSSR count). The number of carboxylic acid groups (broad SMARTS) is 1. The van der Waals surface area contributed by atoms with Gasteiger partial charge in [0.2, 0.25) is 0 Å². The van der Waals surface area contributed by atoms with Crippen molar-refractivity contribution in [1.29, 1.82) is 0 Å². The molecule has 0 aliphatic heterocycles. The molecule has 1 heterocycles. The molecule has 76 valence electrons. The largest absolute Gasteiger partial charge is 0.511 e. The molecule has 1 aromatic carbocycles. The number of rotatable bonds is 1. The van der Waals surface area contributed by atoms with Gasteiger partial charge in [0.25, 0.3) is 0 Å². The van der Waals surface area contributed by atoms with Crippen LogP contribution in [-0.4, -0.2) is 16.2 Å². The summed E-state index contributed by atoms with van der Waals surface area (Å²) in [5.41, 5.74) is 1.75. The molecule has 0 unspecified atom stereocenters. The smallest absolute Gasteiger partial charge is 0.449 e. The number of hydrogen-bond acceptors (Lipinski definition) is 3. The lowest BCUT2D eigenvalue weighted by Crippen LogP contribution is -2.03. The van der Waals surface area contributed by atoms with Crippen molar-refractivity contribution in [2.75, 3.05) is 0 Å². The highest BCUT2D eigenvalue weighted by Crippen LogP contribution is 2.26. The molecule has 0 aliphatic rings. The van der Waals surface area contributed by atoms with Crippen molar-refractivity contribution in [3.05, 3.63) is 36.0 Å². The Morgan fingerprint density at radius 2 is 2.20 bits per heavy atom. The van der Waals surface area contributed by atoms with Gasteiger partial charge in [0.05, 0.1) is 5.52 Å². The molecular weight excluding hydrogens is 194 g/mol. The Balaban J connectivity index is 2.66. The van der Waals surface area contributed by atoms with E-state index >= 15 is 0 Å². The van der Waals surface area contributed by atoms with Gasteiger partial charge in [0.15, 0.2) is 0 Å². The van der Waals surface area contributed by atoms with E-state index in [9.17, 15) is 4.79 Å². The highest BCUT2D eigenvalue weighted by molar-refractivity contribution is 5.88. The minimum absolute atomic E-state index is 0.316. The summed E-state index contributed by atoms with van der Waals surface area (Å²) in [6.07, 6.45) is 0.351. The molecule has 4 heteroatoms. The van der Waals surface area contributed by atoms with Crippen LogP contribution in [0.5, 0.6) is 5.75 Å². The molecule has 15 heavy (non-hydrogen) atoms. The van der Waals surface area contributed by atoms with Crippen LogP contribution >= 0.6 is 0 Å². The lowest BCUT2D eigenvalue weighted by molar-refractivity contribution is 0.145. The van der Waals surface area contributed by atoms with E-state index in [0.29, 0.717) is 11.1 Å². The Morgan fingerprint density at radius 3 is 2.93 bits per heavy atom. The fourth-order valence-corrected chi connectivity index (χ4v) is 1.47. The molecule has 0 bridgehead atoms. The summed E-state index contributed by atoms with van der Waals surface area (Å²) in [7, 11) is 0. The number of benzene rings is 1. The van der Waals surface area contributed by atoms with E-state index in [4.69, 9.17) is 5.11 Å². The van der Waals surface area contributed by atoms with Crippen molar-refractivity contribution >= 4 is 17.1 Å². The first-order valence-electron chi connectivity index (χ1n) is 4.43. The summed E-state index contributed by atoms with van der Waals surface area (Å²) in [6.45, 7) is 1.92. The number of aromatic nitrogens is 1. The molecule has 0 saturated heterocycles. The lowest BCUT2D eigenvalue weighted by atomic mass is 10.1. The fraction of sp³-hybridized carbons (Fsp3) is 0.0909. The third-order valence-corrected chi connectivity index (χ3v) is 2.13. The quantitative estimate of drug-likeness (QED) is 0.571. The van der Waals surface area contributed by atoms with Crippen LogP contribution in [0.2, 0.25) is 0 Å². The van der Waals surface area contributed by atoms with Crippen LogP contribution in [-0.2, 0) is 0 Å². The first kappa shape index (κ1) is 9.45. The Kier molecular flexibility index (Phi) is 2.25. The maximum Gasteiger partial charge on any atom is 0.511 e. The number of aryl methyl sites for hydroxylation is 1. The summed E-state index contributed by atoms with van der Waals surface area (Å²) >= 11 is 0. The normalized spacial score (nSPS) is 10.2.